The molecule has 0 N–H and O–H groups in total. The van der Waals surface area contributed by atoms with Crippen LogP contribution in [0.3, 0.4) is 0 Å². The first-order valence-corrected chi connectivity index (χ1v) is 20.8. The molecule has 12 rings (SSSR count). The lowest BCUT2D eigenvalue weighted by atomic mass is 9.98. The second-order valence-corrected chi connectivity index (χ2v) is 15.6. The van der Waals surface area contributed by atoms with Gasteiger partial charge in [-0.05, 0) is 69.8 Å². The third-order valence-corrected chi connectivity index (χ3v) is 11.8. The minimum Gasteiger partial charge on any atom is -0.454 e. The van der Waals surface area contributed by atoms with Crippen molar-refractivity contribution < 1.29 is 4.42 Å². The van der Waals surface area contributed by atoms with E-state index in [2.05, 4.69) is 156 Å². The molecule has 0 saturated heterocycles. The molecular weight excluding hydrogens is 757 g/mol. The van der Waals surface area contributed by atoms with Gasteiger partial charge in [0.15, 0.2) is 23.1 Å². The van der Waals surface area contributed by atoms with Crippen molar-refractivity contribution in [2.45, 2.75) is 0 Å². The van der Waals surface area contributed by atoms with Gasteiger partial charge in [0.05, 0.1) is 16.7 Å². The summed E-state index contributed by atoms with van der Waals surface area (Å²) in [7, 11) is 0. The van der Waals surface area contributed by atoms with Gasteiger partial charge in [-0.25, -0.2) is 15.0 Å². The van der Waals surface area contributed by atoms with Gasteiger partial charge in [0.25, 0.3) is 0 Å². The van der Waals surface area contributed by atoms with E-state index < -0.39 is 0 Å². The number of aromatic nitrogens is 4. The van der Waals surface area contributed by atoms with Crippen molar-refractivity contribution >= 4 is 43.7 Å². The fourth-order valence-corrected chi connectivity index (χ4v) is 8.89. The molecule has 0 aliphatic heterocycles. The van der Waals surface area contributed by atoms with E-state index in [1.54, 1.807) is 0 Å². The Morgan fingerprint density at radius 3 is 1.44 bits per heavy atom. The van der Waals surface area contributed by atoms with Crippen molar-refractivity contribution in [1.29, 1.82) is 0 Å². The van der Waals surface area contributed by atoms with Gasteiger partial charge >= 0.3 is 0 Å². The van der Waals surface area contributed by atoms with Crippen LogP contribution >= 0.6 is 0 Å². The molecule has 0 aliphatic carbocycles. The molecule has 0 radical (unpaired) electrons. The first-order chi connectivity index (χ1) is 30.7. The number of furan rings is 1. The van der Waals surface area contributed by atoms with Crippen molar-refractivity contribution in [3.63, 3.8) is 0 Å². The Bertz CT molecular complexity index is 3540. The predicted molar refractivity (Wildman–Crippen MR) is 254 cm³/mol. The predicted octanol–water partition coefficient (Wildman–Crippen LogP) is 14.9. The quantitative estimate of drug-likeness (QED) is 0.161. The van der Waals surface area contributed by atoms with Crippen molar-refractivity contribution in [2.24, 2.45) is 0 Å². The summed E-state index contributed by atoms with van der Waals surface area (Å²) in [6.07, 6.45) is 0. The van der Waals surface area contributed by atoms with Gasteiger partial charge in [0.1, 0.15) is 5.58 Å². The van der Waals surface area contributed by atoms with Crippen LogP contribution in [0.2, 0.25) is 0 Å². The number of hydrogen-bond donors (Lipinski definition) is 0. The van der Waals surface area contributed by atoms with E-state index in [-0.39, 0.29) is 0 Å². The highest BCUT2D eigenvalue weighted by Gasteiger charge is 2.23. The Labute approximate surface area is 357 Å². The zero-order valence-electron chi connectivity index (χ0n) is 33.5. The van der Waals surface area contributed by atoms with E-state index in [1.165, 1.54) is 27.5 Å². The van der Waals surface area contributed by atoms with Gasteiger partial charge in [-0.15, -0.1) is 0 Å². The molecule has 5 nitrogen and oxygen atoms in total. The number of nitrogens with zero attached hydrogens (tertiary/aromatic N) is 4. The van der Waals surface area contributed by atoms with E-state index in [4.69, 9.17) is 19.4 Å². The number of rotatable bonds is 7. The van der Waals surface area contributed by atoms with Crippen molar-refractivity contribution in [1.82, 2.24) is 19.5 Å². The number of benzene rings is 9. The van der Waals surface area contributed by atoms with Gasteiger partial charge in [0.2, 0.25) is 0 Å². The molecule has 5 heteroatoms. The maximum atomic E-state index is 7.18. The van der Waals surface area contributed by atoms with E-state index in [9.17, 15) is 0 Å². The molecule has 0 atom stereocenters. The zero-order valence-corrected chi connectivity index (χ0v) is 33.5. The fraction of sp³-hybridized carbons (Fsp3) is 0. The molecule has 0 unspecified atom stereocenters. The summed E-state index contributed by atoms with van der Waals surface area (Å²) in [5.74, 6) is 1.79. The summed E-state index contributed by atoms with van der Waals surface area (Å²) in [4.78, 5) is 15.5. The van der Waals surface area contributed by atoms with Crippen molar-refractivity contribution in [3.05, 3.63) is 218 Å². The highest BCUT2D eigenvalue weighted by atomic mass is 16.3. The summed E-state index contributed by atoms with van der Waals surface area (Å²) >= 11 is 0. The minimum atomic E-state index is 0.575. The van der Waals surface area contributed by atoms with Crippen LogP contribution < -0.4 is 0 Å². The lowest BCUT2D eigenvalue weighted by molar-refractivity contribution is 0.666. The van der Waals surface area contributed by atoms with Crippen LogP contribution in [0.4, 0.5) is 0 Å². The molecule has 0 bridgehead atoms. The molecule has 0 aliphatic rings. The van der Waals surface area contributed by atoms with Crippen LogP contribution in [0.15, 0.2) is 223 Å². The molecule has 12 aromatic rings. The van der Waals surface area contributed by atoms with E-state index >= 15 is 0 Å². The largest absolute Gasteiger partial charge is 0.454 e. The second kappa shape index (κ2) is 14.7. The highest BCUT2D eigenvalue weighted by Crippen LogP contribution is 2.44. The van der Waals surface area contributed by atoms with Crippen molar-refractivity contribution in [3.8, 4) is 73.2 Å². The molecular formula is C57H36N4O. The molecule has 0 fully saturated rings. The highest BCUT2D eigenvalue weighted by molar-refractivity contribution is 6.17. The number of para-hydroxylation sites is 1. The smallest absolute Gasteiger partial charge is 0.164 e. The minimum absolute atomic E-state index is 0.575. The van der Waals surface area contributed by atoms with Gasteiger partial charge in [-0.3, -0.25) is 0 Å². The van der Waals surface area contributed by atoms with Gasteiger partial charge in [-0.2, -0.15) is 0 Å². The standard InChI is InChI=1S/C57H36N4O/c1-6-17-37(18-7-1)42-30-32-49-47(33-42)45-31-29-43(38-19-8-2-9-20-38)35-51(45)61(49)50-28-16-27-46-53-48(34-44(36-52(53)62-54(46)50)39-21-10-3-11-22-39)57-59-55(40-23-12-4-13-24-40)58-56(60-57)41-25-14-5-15-26-41/h1-36H. The first kappa shape index (κ1) is 35.5. The van der Waals surface area contributed by atoms with Crippen LogP contribution in [0.1, 0.15) is 0 Å². The third kappa shape index (κ3) is 6.06. The average Bonchev–Trinajstić information content (AvgIpc) is 3.90. The van der Waals surface area contributed by atoms with Crippen LogP contribution in [0.5, 0.6) is 0 Å². The number of hydrogen-bond acceptors (Lipinski definition) is 4. The molecule has 3 aromatic heterocycles. The lowest BCUT2D eigenvalue weighted by Gasteiger charge is -2.11. The van der Waals surface area contributed by atoms with Gasteiger partial charge in [0, 0.05) is 38.2 Å². The Hall–Kier alpha value is -8.41. The SMILES string of the molecule is c1ccc(-c2cc(-c3nc(-c4ccccc4)nc(-c4ccccc4)n3)c3c(c2)oc2c(-n4c5ccc(-c6ccccc6)cc5c5ccc(-c6ccccc6)cc54)cccc23)cc1. The fourth-order valence-electron chi connectivity index (χ4n) is 8.89. The summed E-state index contributed by atoms with van der Waals surface area (Å²) < 4.78 is 9.55. The van der Waals surface area contributed by atoms with Crippen LogP contribution in [0.25, 0.3) is 117 Å². The van der Waals surface area contributed by atoms with Gasteiger partial charge in [-0.1, -0.05) is 182 Å². The van der Waals surface area contributed by atoms with Crippen LogP contribution in [-0.2, 0) is 0 Å². The second-order valence-electron chi connectivity index (χ2n) is 15.6. The Morgan fingerprint density at radius 2 is 0.839 bits per heavy atom. The van der Waals surface area contributed by atoms with Gasteiger partial charge < -0.3 is 8.98 Å². The topological polar surface area (TPSA) is 56.7 Å². The average molecular weight is 793 g/mol. The lowest BCUT2D eigenvalue weighted by Crippen LogP contribution is -2.00. The summed E-state index contributed by atoms with van der Waals surface area (Å²) in [6.45, 7) is 0. The Kier molecular flexibility index (Phi) is 8.42. The summed E-state index contributed by atoms with van der Waals surface area (Å²) in [5, 5.41) is 4.27. The molecule has 62 heavy (non-hydrogen) atoms. The normalized spacial score (nSPS) is 11.5. The van der Waals surface area contributed by atoms with Crippen LogP contribution in [-0.4, -0.2) is 19.5 Å². The van der Waals surface area contributed by atoms with E-state index in [0.29, 0.717) is 17.5 Å². The summed E-state index contributed by atoms with van der Waals surface area (Å²) in [5.41, 5.74) is 14.1. The molecule has 9 aromatic carbocycles. The monoisotopic (exact) mass is 792 g/mol. The third-order valence-electron chi connectivity index (χ3n) is 11.8. The molecule has 0 amide bonds. The maximum Gasteiger partial charge on any atom is 0.164 e. The summed E-state index contributed by atoms with van der Waals surface area (Å²) in [6, 6.07) is 76.3. The Balaban J connectivity index is 1.15. The number of fused-ring (bicyclic) bond motifs is 6. The molecule has 0 spiro atoms. The van der Waals surface area contributed by atoms with E-state index in [0.717, 1.165) is 72.0 Å². The maximum absolute atomic E-state index is 7.18. The zero-order chi connectivity index (χ0) is 41.0. The molecule has 0 saturated carbocycles. The van der Waals surface area contributed by atoms with Crippen molar-refractivity contribution in [2.75, 3.05) is 0 Å². The molecule has 3 heterocycles. The molecule has 290 valence electrons. The van der Waals surface area contributed by atoms with Crippen LogP contribution in [0, 0.1) is 0 Å². The van der Waals surface area contributed by atoms with E-state index in [1.807, 2.05) is 66.7 Å². The Morgan fingerprint density at radius 1 is 0.323 bits per heavy atom. The first-order valence-electron chi connectivity index (χ1n) is 20.8.